The van der Waals surface area contributed by atoms with Crippen LogP contribution in [-0.2, 0) is 17.7 Å². The predicted molar refractivity (Wildman–Crippen MR) is 107 cm³/mol. The summed E-state index contributed by atoms with van der Waals surface area (Å²) >= 11 is -0.566. The molecule has 0 saturated heterocycles. The molecule has 0 aliphatic heterocycles. The molecule has 1 aromatic heterocycles. The Morgan fingerprint density at radius 2 is 1.84 bits per heavy atom. The third-order valence-electron chi connectivity index (χ3n) is 3.68. The Labute approximate surface area is 156 Å². The van der Waals surface area contributed by atoms with E-state index in [4.69, 9.17) is 0 Å². The fourth-order valence-electron chi connectivity index (χ4n) is 2.64. The first-order valence-corrected chi connectivity index (χ1v) is 10.1. The molecule has 0 spiro atoms. The third-order valence-corrected chi connectivity index (χ3v) is 5.98. The molecule has 1 unspecified atom stereocenters. The van der Waals surface area contributed by atoms with Crippen molar-refractivity contribution in [3.05, 3.63) is 40.8 Å². The maximum Gasteiger partial charge on any atom is 0.263 e. The van der Waals surface area contributed by atoms with Crippen LogP contribution in [0.1, 0.15) is 49.9 Å². The summed E-state index contributed by atoms with van der Waals surface area (Å²) in [4.78, 5) is 12.1. The van der Waals surface area contributed by atoms with E-state index in [9.17, 15) is 13.6 Å². The van der Waals surface area contributed by atoms with Gasteiger partial charge < -0.3 is 0 Å². The third kappa shape index (κ3) is 4.77. The highest BCUT2D eigenvalue weighted by molar-refractivity contribution is 7.81. The average Bonchev–Trinajstić information content (AvgIpc) is 2.87. The van der Waals surface area contributed by atoms with Crippen LogP contribution in [0.5, 0.6) is 0 Å². The Morgan fingerprint density at radius 3 is 2.28 bits per heavy atom. The van der Waals surface area contributed by atoms with Crippen molar-refractivity contribution in [3.8, 4) is 11.1 Å². The van der Waals surface area contributed by atoms with E-state index in [1.54, 1.807) is 27.8 Å². The Morgan fingerprint density at radius 1 is 1.24 bits per heavy atom. The summed E-state index contributed by atoms with van der Waals surface area (Å²) in [6, 6.07) is 9.40. The van der Waals surface area contributed by atoms with Crippen molar-refractivity contribution in [1.82, 2.24) is 0 Å². The minimum absolute atomic E-state index is 0.500. The lowest BCUT2D eigenvalue weighted by atomic mass is 10.0. The highest BCUT2D eigenvalue weighted by atomic mass is 32.2. The summed E-state index contributed by atoms with van der Waals surface area (Å²) in [7, 11) is 0. The van der Waals surface area contributed by atoms with Gasteiger partial charge in [0.15, 0.2) is 0 Å². The maximum absolute atomic E-state index is 12.1. The van der Waals surface area contributed by atoms with Gasteiger partial charge in [0.2, 0.25) is 0 Å². The first kappa shape index (κ1) is 19.8. The number of carbonyl (C=O) groups is 1. The van der Waals surface area contributed by atoms with Crippen LogP contribution in [-0.4, -0.2) is 20.6 Å². The van der Waals surface area contributed by atoms with Crippen LogP contribution in [0.4, 0.5) is 5.00 Å². The van der Waals surface area contributed by atoms with Crippen LogP contribution >= 0.6 is 11.3 Å². The van der Waals surface area contributed by atoms with Gasteiger partial charge in [0.05, 0.1) is 0 Å². The van der Waals surface area contributed by atoms with Crippen molar-refractivity contribution < 1.29 is 13.6 Å². The average molecular weight is 380 g/mol. The maximum atomic E-state index is 12.1. The molecular weight excluding hydrogens is 354 g/mol. The van der Waals surface area contributed by atoms with Gasteiger partial charge >= 0.3 is 0 Å². The molecule has 1 heterocycles. The fraction of sp³-hybridized carbons (Fsp3) is 0.421. The van der Waals surface area contributed by atoms with Crippen molar-refractivity contribution >= 4 is 33.9 Å². The second-order valence-corrected chi connectivity index (χ2v) is 9.41. The van der Waals surface area contributed by atoms with Gasteiger partial charge in [-0.1, -0.05) is 38.1 Å². The van der Waals surface area contributed by atoms with Crippen LogP contribution < -0.4 is 4.31 Å². The zero-order valence-corrected chi connectivity index (χ0v) is 16.9. The summed E-state index contributed by atoms with van der Waals surface area (Å²) in [5, 5.41) is 0.780. The first-order chi connectivity index (χ1) is 11.6. The summed E-state index contributed by atoms with van der Waals surface area (Å²) in [6.07, 6.45) is 1.73. The van der Waals surface area contributed by atoms with Gasteiger partial charge in [-0.15, -0.1) is 11.3 Å². The van der Waals surface area contributed by atoms with Crippen LogP contribution in [0.25, 0.3) is 11.1 Å². The number of hydrogen-bond donors (Lipinski definition) is 1. The summed E-state index contributed by atoms with van der Waals surface area (Å²) in [6.45, 7) is 10.1. The predicted octanol–water partition coefficient (Wildman–Crippen LogP) is 5.17. The van der Waals surface area contributed by atoms with E-state index in [0.29, 0.717) is 11.5 Å². The van der Waals surface area contributed by atoms with E-state index in [1.165, 1.54) is 4.88 Å². The fourth-order valence-corrected chi connectivity index (χ4v) is 5.14. The molecule has 6 heteroatoms. The number of thiophene rings is 1. The quantitative estimate of drug-likeness (QED) is 0.556. The van der Waals surface area contributed by atoms with Gasteiger partial charge in [0.25, 0.3) is 11.3 Å². The lowest BCUT2D eigenvalue weighted by Gasteiger charge is -2.33. The number of nitrogens with zero attached hydrogens (tertiary/aromatic N) is 1. The van der Waals surface area contributed by atoms with E-state index in [2.05, 4.69) is 19.9 Å². The summed E-state index contributed by atoms with van der Waals surface area (Å²) < 4.78 is 23.5. The van der Waals surface area contributed by atoms with Crippen LogP contribution in [0.3, 0.4) is 0 Å². The largest absolute Gasteiger partial charge is 0.298 e. The molecule has 136 valence electrons. The topological polar surface area (TPSA) is 57.6 Å². The van der Waals surface area contributed by atoms with E-state index in [-0.39, 0.29) is 0 Å². The number of benzene rings is 1. The molecule has 0 fully saturated rings. The Kier molecular flexibility index (Phi) is 6.19. The zero-order chi connectivity index (χ0) is 18.8. The van der Waals surface area contributed by atoms with Gasteiger partial charge in [0.1, 0.15) is 11.3 Å². The Balaban J connectivity index is 2.61. The monoisotopic (exact) mass is 379 g/mol. The van der Waals surface area contributed by atoms with E-state index in [0.717, 1.165) is 28.8 Å². The van der Waals surface area contributed by atoms with Crippen molar-refractivity contribution in [2.45, 2.75) is 46.6 Å². The lowest BCUT2D eigenvalue weighted by molar-refractivity contribution is 0.112. The van der Waals surface area contributed by atoms with Gasteiger partial charge in [-0.3, -0.25) is 13.7 Å². The van der Waals surface area contributed by atoms with E-state index < -0.39 is 16.8 Å². The smallest absolute Gasteiger partial charge is 0.263 e. The Hall–Kier alpha value is -1.50. The molecule has 1 atom stereocenters. The normalized spacial score (nSPS) is 13.1. The SMILES string of the molecule is CC(C)Cc1cc(-c2ccc(C=O)cc2)c(N(S(=O)O)C(C)(C)C)s1. The highest BCUT2D eigenvalue weighted by Crippen LogP contribution is 2.43. The molecule has 1 N–H and O–H groups in total. The molecular formula is C19H25NO3S2. The Bertz CT molecular complexity index is 758. The van der Waals surface area contributed by atoms with Crippen molar-refractivity contribution in [2.24, 2.45) is 5.92 Å². The van der Waals surface area contributed by atoms with Crippen LogP contribution in [0.2, 0.25) is 0 Å². The minimum atomic E-state index is -2.13. The van der Waals surface area contributed by atoms with Gasteiger partial charge in [-0.2, -0.15) is 0 Å². The molecule has 0 bridgehead atoms. The first-order valence-electron chi connectivity index (χ1n) is 8.23. The molecule has 0 saturated carbocycles. The summed E-state index contributed by atoms with van der Waals surface area (Å²) in [5.74, 6) is 0.500. The van der Waals surface area contributed by atoms with E-state index >= 15 is 0 Å². The zero-order valence-electron chi connectivity index (χ0n) is 15.3. The highest BCUT2D eigenvalue weighted by Gasteiger charge is 2.30. The number of aldehydes is 1. The van der Waals surface area contributed by atoms with Crippen LogP contribution in [0, 0.1) is 5.92 Å². The lowest BCUT2D eigenvalue weighted by Crippen LogP contribution is -2.42. The standard InChI is InChI=1S/C19H25NO3S2/c1-13(2)10-16-11-17(15-8-6-14(12-21)7-9-15)18(24-16)20(25(22)23)19(3,4)5/h6-9,11-13H,10H2,1-5H3,(H,22,23). The second kappa shape index (κ2) is 7.81. The molecule has 0 radical (unpaired) electrons. The molecule has 0 aliphatic carbocycles. The number of carbonyl (C=O) groups excluding carboxylic acids is 1. The molecule has 25 heavy (non-hydrogen) atoms. The molecule has 0 aliphatic rings. The van der Waals surface area contributed by atoms with Gasteiger partial charge in [-0.25, -0.2) is 4.21 Å². The van der Waals surface area contributed by atoms with Gasteiger partial charge in [0, 0.05) is 21.5 Å². The molecule has 0 amide bonds. The number of rotatable bonds is 6. The minimum Gasteiger partial charge on any atom is -0.298 e. The second-order valence-electron chi connectivity index (χ2n) is 7.47. The van der Waals surface area contributed by atoms with Crippen molar-refractivity contribution in [3.63, 3.8) is 0 Å². The molecule has 2 aromatic rings. The molecule has 1 aromatic carbocycles. The van der Waals surface area contributed by atoms with Crippen LogP contribution in [0.15, 0.2) is 30.3 Å². The number of hydrogen-bond acceptors (Lipinski definition) is 3. The number of anilines is 1. The van der Waals surface area contributed by atoms with Crippen molar-refractivity contribution in [1.29, 1.82) is 0 Å². The molecule has 4 nitrogen and oxygen atoms in total. The van der Waals surface area contributed by atoms with E-state index in [1.807, 2.05) is 32.9 Å². The molecule has 2 rings (SSSR count). The van der Waals surface area contributed by atoms with Crippen molar-refractivity contribution in [2.75, 3.05) is 4.31 Å². The summed E-state index contributed by atoms with van der Waals surface area (Å²) in [5.41, 5.74) is 1.97. The van der Waals surface area contributed by atoms with Gasteiger partial charge in [-0.05, 0) is 44.7 Å².